The Morgan fingerprint density at radius 2 is 1.78 bits per heavy atom. The van der Waals surface area contributed by atoms with Crippen molar-refractivity contribution in [1.29, 1.82) is 0 Å². The minimum atomic E-state index is -3.42. The molecule has 0 bridgehead atoms. The number of rotatable bonds is 2. The van der Waals surface area contributed by atoms with Gasteiger partial charge in [0, 0.05) is 31.2 Å². The molecule has 0 spiro atoms. The Labute approximate surface area is 113 Å². The van der Waals surface area contributed by atoms with Crippen LogP contribution in [0.5, 0.6) is 0 Å². The number of halogens is 1. The van der Waals surface area contributed by atoms with Gasteiger partial charge in [0.1, 0.15) is 0 Å². The summed E-state index contributed by atoms with van der Waals surface area (Å²) in [4.78, 5) is 2.44. The molecule has 0 aromatic heterocycles. The molecule has 1 fully saturated rings. The molecule has 0 N–H and O–H groups in total. The van der Waals surface area contributed by atoms with Crippen molar-refractivity contribution in [2.75, 3.05) is 33.2 Å². The third-order valence-electron chi connectivity index (χ3n) is 3.23. The van der Waals surface area contributed by atoms with Crippen molar-refractivity contribution in [3.05, 3.63) is 28.8 Å². The van der Waals surface area contributed by atoms with Gasteiger partial charge in [-0.1, -0.05) is 17.7 Å². The van der Waals surface area contributed by atoms with Crippen LogP contribution >= 0.6 is 11.6 Å². The van der Waals surface area contributed by atoms with Gasteiger partial charge in [-0.15, -0.1) is 0 Å². The van der Waals surface area contributed by atoms with E-state index in [9.17, 15) is 8.42 Å². The normalized spacial score (nSPS) is 19.1. The molecule has 0 radical (unpaired) electrons. The fourth-order valence-corrected chi connectivity index (χ4v) is 3.93. The molecule has 18 heavy (non-hydrogen) atoms. The third kappa shape index (κ3) is 2.69. The number of aryl methyl sites for hydroxylation is 1. The van der Waals surface area contributed by atoms with Gasteiger partial charge in [-0.2, -0.15) is 4.31 Å². The molecule has 0 unspecified atom stereocenters. The number of nitrogens with zero attached hydrogens (tertiary/aromatic N) is 2. The Hall–Kier alpha value is -0.620. The topological polar surface area (TPSA) is 40.6 Å². The molecule has 4 nitrogen and oxygen atoms in total. The van der Waals surface area contributed by atoms with Crippen molar-refractivity contribution in [1.82, 2.24) is 9.21 Å². The van der Waals surface area contributed by atoms with Crippen LogP contribution in [0.15, 0.2) is 23.1 Å². The Bertz CT molecular complexity index is 537. The number of hydrogen-bond acceptors (Lipinski definition) is 3. The predicted octanol–water partition coefficient (Wildman–Crippen LogP) is 1.58. The van der Waals surface area contributed by atoms with Gasteiger partial charge in [-0.25, -0.2) is 8.42 Å². The summed E-state index contributed by atoms with van der Waals surface area (Å²) in [6.45, 7) is 4.38. The zero-order valence-corrected chi connectivity index (χ0v) is 12.1. The summed E-state index contributed by atoms with van der Waals surface area (Å²) in [6.07, 6.45) is 0. The van der Waals surface area contributed by atoms with Gasteiger partial charge in [0.05, 0.1) is 4.90 Å². The molecule has 1 saturated heterocycles. The molecule has 1 aromatic carbocycles. The molecule has 1 heterocycles. The van der Waals surface area contributed by atoms with Crippen LogP contribution < -0.4 is 0 Å². The molecule has 1 aromatic rings. The van der Waals surface area contributed by atoms with Crippen LogP contribution in [0, 0.1) is 6.92 Å². The highest BCUT2D eigenvalue weighted by molar-refractivity contribution is 7.89. The highest BCUT2D eigenvalue weighted by Crippen LogP contribution is 2.24. The second-order valence-electron chi connectivity index (χ2n) is 4.62. The van der Waals surface area contributed by atoms with Gasteiger partial charge in [0.2, 0.25) is 10.0 Å². The molecule has 0 amide bonds. The predicted molar refractivity (Wildman–Crippen MR) is 72.4 cm³/mol. The molecule has 100 valence electrons. The van der Waals surface area contributed by atoms with Crippen LogP contribution in [-0.2, 0) is 10.0 Å². The molecule has 6 heteroatoms. The maximum Gasteiger partial charge on any atom is 0.243 e. The summed E-state index contributed by atoms with van der Waals surface area (Å²) < 4.78 is 26.6. The van der Waals surface area contributed by atoms with Crippen LogP contribution in [0.25, 0.3) is 0 Å². The highest BCUT2D eigenvalue weighted by Gasteiger charge is 2.28. The first-order valence-corrected chi connectivity index (χ1v) is 7.68. The van der Waals surface area contributed by atoms with Gasteiger partial charge in [0.25, 0.3) is 0 Å². The maximum atomic E-state index is 12.5. The highest BCUT2D eigenvalue weighted by atomic mass is 35.5. The third-order valence-corrected chi connectivity index (χ3v) is 5.51. The van der Waals surface area contributed by atoms with Crippen molar-refractivity contribution in [3.63, 3.8) is 0 Å². The largest absolute Gasteiger partial charge is 0.304 e. The molecule has 1 aliphatic heterocycles. The fraction of sp³-hybridized carbons (Fsp3) is 0.500. The summed E-state index contributed by atoms with van der Waals surface area (Å²) in [6, 6.07) is 4.98. The first-order chi connectivity index (χ1) is 8.41. The van der Waals surface area contributed by atoms with Crippen molar-refractivity contribution in [3.8, 4) is 0 Å². The summed E-state index contributed by atoms with van der Waals surface area (Å²) in [7, 11) is -1.42. The van der Waals surface area contributed by atoms with E-state index >= 15 is 0 Å². The van der Waals surface area contributed by atoms with Gasteiger partial charge < -0.3 is 4.90 Å². The summed E-state index contributed by atoms with van der Waals surface area (Å²) >= 11 is 5.89. The van der Waals surface area contributed by atoms with Gasteiger partial charge in [-0.05, 0) is 31.7 Å². The fourth-order valence-electron chi connectivity index (χ4n) is 2.02. The first kappa shape index (κ1) is 13.8. The van der Waals surface area contributed by atoms with E-state index in [4.69, 9.17) is 11.6 Å². The quantitative estimate of drug-likeness (QED) is 0.830. The van der Waals surface area contributed by atoms with E-state index in [-0.39, 0.29) is 0 Å². The van der Waals surface area contributed by atoms with Crippen LogP contribution in [0.4, 0.5) is 0 Å². The smallest absolute Gasteiger partial charge is 0.243 e. The zero-order chi connectivity index (χ0) is 13.3. The summed E-state index contributed by atoms with van der Waals surface area (Å²) in [5, 5.41) is 0.452. The number of sulfonamides is 1. The van der Waals surface area contributed by atoms with Crippen LogP contribution in [0.2, 0.25) is 5.02 Å². The van der Waals surface area contributed by atoms with Gasteiger partial charge in [0.15, 0.2) is 0 Å². The van der Waals surface area contributed by atoms with Crippen LogP contribution in [0.3, 0.4) is 0 Å². The standard InChI is InChI=1S/C12H17ClN2O2S/c1-10-3-4-11(13)9-12(10)18(16,17)15-7-5-14(2)6-8-15/h3-4,9H,5-8H2,1-2H3. The molecule has 0 atom stereocenters. The minimum absolute atomic E-state index is 0.319. The number of benzene rings is 1. The Morgan fingerprint density at radius 3 is 2.39 bits per heavy atom. The van der Waals surface area contributed by atoms with E-state index in [1.54, 1.807) is 19.1 Å². The second kappa shape index (κ2) is 5.17. The summed E-state index contributed by atoms with van der Waals surface area (Å²) in [5.74, 6) is 0. The molecular weight excluding hydrogens is 272 g/mol. The lowest BCUT2D eigenvalue weighted by atomic mass is 10.2. The number of piperazine rings is 1. The Morgan fingerprint density at radius 1 is 1.17 bits per heavy atom. The lowest BCUT2D eigenvalue weighted by molar-refractivity contribution is 0.222. The SMILES string of the molecule is Cc1ccc(Cl)cc1S(=O)(=O)N1CCN(C)CC1. The average Bonchev–Trinajstić information content (AvgIpc) is 2.32. The van der Waals surface area contributed by atoms with Crippen molar-refractivity contribution in [2.45, 2.75) is 11.8 Å². The second-order valence-corrected chi connectivity index (χ2v) is 6.96. The monoisotopic (exact) mass is 288 g/mol. The number of likely N-dealkylation sites (N-methyl/N-ethyl adjacent to an activating group) is 1. The molecule has 2 rings (SSSR count). The van der Waals surface area contributed by atoms with E-state index in [0.29, 0.717) is 23.0 Å². The van der Waals surface area contributed by atoms with E-state index in [1.807, 2.05) is 7.05 Å². The Kier molecular flexibility index (Phi) is 3.96. The first-order valence-electron chi connectivity index (χ1n) is 5.86. The minimum Gasteiger partial charge on any atom is -0.304 e. The zero-order valence-electron chi connectivity index (χ0n) is 10.6. The van der Waals surface area contributed by atoms with Crippen molar-refractivity contribution < 1.29 is 8.42 Å². The van der Waals surface area contributed by atoms with Gasteiger partial charge in [-0.3, -0.25) is 0 Å². The van der Waals surface area contributed by atoms with E-state index in [1.165, 1.54) is 10.4 Å². The lowest BCUT2D eigenvalue weighted by Gasteiger charge is -2.31. The van der Waals surface area contributed by atoms with E-state index < -0.39 is 10.0 Å². The van der Waals surface area contributed by atoms with E-state index in [2.05, 4.69) is 4.90 Å². The van der Waals surface area contributed by atoms with Gasteiger partial charge >= 0.3 is 0 Å². The summed E-state index contributed by atoms with van der Waals surface area (Å²) in [5.41, 5.74) is 0.735. The molecule has 0 saturated carbocycles. The molecule has 1 aliphatic rings. The van der Waals surface area contributed by atoms with Crippen LogP contribution in [0.1, 0.15) is 5.56 Å². The Balaban J connectivity index is 2.33. The van der Waals surface area contributed by atoms with Crippen molar-refractivity contribution in [2.24, 2.45) is 0 Å². The molecule has 0 aliphatic carbocycles. The van der Waals surface area contributed by atoms with Crippen LogP contribution in [-0.4, -0.2) is 50.8 Å². The van der Waals surface area contributed by atoms with E-state index in [0.717, 1.165) is 18.7 Å². The lowest BCUT2D eigenvalue weighted by Crippen LogP contribution is -2.47. The number of hydrogen-bond donors (Lipinski definition) is 0. The average molecular weight is 289 g/mol. The molecular formula is C12H17ClN2O2S. The van der Waals surface area contributed by atoms with Crippen molar-refractivity contribution >= 4 is 21.6 Å². The maximum absolute atomic E-state index is 12.5.